The number of para-hydroxylation sites is 1. The number of carbonyl (C=O) groups is 1. The van der Waals surface area contributed by atoms with Gasteiger partial charge in [-0.3, -0.25) is 9.80 Å². The van der Waals surface area contributed by atoms with Gasteiger partial charge >= 0.3 is 5.97 Å². The molecule has 7 heteroatoms. The summed E-state index contributed by atoms with van der Waals surface area (Å²) in [7, 11) is 1.41. The zero-order chi connectivity index (χ0) is 27.1. The Labute approximate surface area is 228 Å². The SMILES string of the molecule is COC(=O)C(C)(C)C/C(C)=N/N(Cc1ccc(Cl)cc1)c1ccc(OCc2ccc3ccccc3n2)cc1. The highest BCUT2D eigenvalue weighted by Crippen LogP contribution is 2.26. The average molecular weight is 530 g/mol. The lowest BCUT2D eigenvalue weighted by Crippen LogP contribution is -2.29. The molecule has 196 valence electrons. The second-order valence-corrected chi connectivity index (χ2v) is 10.3. The van der Waals surface area contributed by atoms with Crippen LogP contribution in [0.15, 0.2) is 90.0 Å². The van der Waals surface area contributed by atoms with E-state index < -0.39 is 5.41 Å². The summed E-state index contributed by atoms with van der Waals surface area (Å²) in [5.74, 6) is 0.474. The molecule has 0 aliphatic heterocycles. The van der Waals surface area contributed by atoms with Gasteiger partial charge in [-0.05, 0) is 74.9 Å². The fraction of sp³-hybridized carbons (Fsp3) is 0.258. The molecule has 0 spiro atoms. The Morgan fingerprint density at radius 2 is 1.68 bits per heavy atom. The summed E-state index contributed by atoms with van der Waals surface area (Å²) in [6.45, 7) is 6.55. The lowest BCUT2D eigenvalue weighted by molar-refractivity contribution is -0.150. The first-order chi connectivity index (χ1) is 18.2. The van der Waals surface area contributed by atoms with E-state index in [1.54, 1.807) is 0 Å². The van der Waals surface area contributed by atoms with Crippen LogP contribution in [0.4, 0.5) is 5.69 Å². The van der Waals surface area contributed by atoms with Crippen LogP contribution in [0.5, 0.6) is 5.75 Å². The summed E-state index contributed by atoms with van der Waals surface area (Å²) in [5.41, 5.74) is 3.91. The van der Waals surface area contributed by atoms with Gasteiger partial charge in [0.1, 0.15) is 12.4 Å². The van der Waals surface area contributed by atoms with Gasteiger partial charge in [-0.25, -0.2) is 4.98 Å². The van der Waals surface area contributed by atoms with Crippen molar-refractivity contribution in [1.82, 2.24) is 4.98 Å². The van der Waals surface area contributed by atoms with Crippen LogP contribution in [0.25, 0.3) is 10.9 Å². The minimum absolute atomic E-state index is 0.265. The van der Waals surface area contributed by atoms with Gasteiger partial charge in [0.15, 0.2) is 0 Å². The molecular formula is C31H32ClN3O3. The molecule has 3 aromatic carbocycles. The highest BCUT2D eigenvalue weighted by atomic mass is 35.5. The predicted molar refractivity (Wildman–Crippen MR) is 154 cm³/mol. The van der Waals surface area contributed by atoms with Crippen molar-refractivity contribution in [2.75, 3.05) is 12.1 Å². The number of esters is 1. The van der Waals surface area contributed by atoms with E-state index in [2.05, 4.69) is 11.1 Å². The number of methoxy groups -OCH3 is 1. The molecule has 0 fully saturated rings. The standard InChI is InChI=1S/C31H32ClN3O3/c1-22(19-31(2,3)30(36)37-4)34-35(20-23-9-12-25(32)13-10-23)27-15-17-28(18-16-27)38-21-26-14-11-24-7-5-6-8-29(24)33-26/h5-18H,19-21H2,1-4H3/b34-22+. The highest BCUT2D eigenvalue weighted by Gasteiger charge is 2.29. The molecule has 0 saturated heterocycles. The molecule has 1 heterocycles. The molecule has 6 nitrogen and oxygen atoms in total. The van der Waals surface area contributed by atoms with Crippen molar-refractivity contribution < 1.29 is 14.3 Å². The maximum absolute atomic E-state index is 12.2. The van der Waals surface area contributed by atoms with E-state index in [1.807, 2.05) is 105 Å². The van der Waals surface area contributed by atoms with E-state index in [0.717, 1.165) is 39.3 Å². The topological polar surface area (TPSA) is 64.0 Å². The van der Waals surface area contributed by atoms with Gasteiger partial charge < -0.3 is 9.47 Å². The van der Waals surface area contributed by atoms with Crippen molar-refractivity contribution in [3.05, 3.63) is 101 Å². The van der Waals surface area contributed by atoms with E-state index >= 15 is 0 Å². The van der Waals surface area contributed by atoms with E-state index in [1.165, 1.54) is 7.11 Å². The molecular weight excluding hydrogens is 498 g/mol. The molecule has 0 bridgehead atoms. The third-order valence-corrected chi connectivity index (χ3v) is 6.40. The highest BCUT2D eigenvalue weighted by molar-refractivity contribution is 6.30. The zero-order valence-electron chi connectivity index (χ0n) is 22.1. The molecule has 0 radical (unpaired) electrons. The van der Waals surface area contributed by atoms with Gasteiger partial charge in [0, 0.05) is 22.5 Å². The number of fused-ring (bicyclic) bond motifs is 1. The van der Waals surface area contributed by atoms with Gasteiger partial charge in [0.05, 0.1) is 36.0 Å². The Balaban J connectivity index is 1.51. The maximum atomic E-state index is 12.2. The second kappa shape index (κ2) is 12.1. The quantitative estimate of drug-likeness (QED) is 0.121. The summed E-state index contributed by atoms with van der Waals surface area (Å²) >= 11 is 6.08. The van der Waals surface area contributed by atoms with Crippen LogP contribution in [-0.4, -0.2) is 23.8 Å². The van der Waals surface area contributed by atoms with Gasteiger partial charge in [0.2, 0.25) is 0 Å². The summed E-state index contributed by atoms with van der Waals surface area (Å²) in [4.78, 5) is 16.9. The monoisotopic (exact) mass is 529 g/mol. The number of carbonyl (C=O) groups excluding carboxylic acids is 1. The average Bonchev–Trinajstić information content (AvgIpc) is 2.92. The summed E-state index contributed by atoms with van der Waals surface area (Å²) in [6.07, 6.45) is 0.469. The molecule has 38 heavy (non-hydrogen) atoms. The van der Waals surface area contributed by atoms with Crippen molar-refractivity contribution in [2.45, 2.75) is 40.3 Å². The minimum atomic E-state index is -0.678. The molecule has 0 amide bonds. The number of halogens is 1. The van der Waals surface area contributed by atoms with E-state index in [4.69, 9.17) is 26.2 Å². The van der Waals surface area contributed by atoms with Crippen LogP contribution in [0.3, 0.4) is 0 Å². The van der Waals surface area contributed by atoms with E-state index in [-0.39, 0.29) is 5.97 Å². The minimum Gasteiger partial charge on any atom is -0.487 e. The van der Waals surface area contributed by atoms with Crippen LogP contribution in [0, 0.1) is 5.41 Å². The van der Waals surface area contributed by atoms with Crippen LogP contribution >= 0.6 is 11.6 Å². The van der Waals surface area contributed by atoms with Crippen LogP contribution < -0.4 is 9.75 Å². The second-order valence-electron chi connectivity index (χ2n) is 9.85. The number of pyridine rings is 1. The summed E-state index contributed by atoms with van der Waals surface area (Å²) < 4.78 is 11.0. The molecule has 0 unspecified atom stereocenters. The number of benzene rings is 3. The Hall–Kier alpha value is -3.90. The van der Waals surface area contributed by atoms with Gasteiger partial charge in [0.25, 0.3) is 0 Å². The number of hydrogen-bond acceptors (Lipinski definition) is 6. The maximum Gasteiger partial charge on any atom is 0.311 e. The fourth-order valence-corrected chi connectivity index (χ4v) is 4.36. The van der Waals surface area contributed by atoms with Crippen LogP contribution in [0.2, 0.25) is 5.02 Å². The Morgan fingerprint density at radius 3 is 2.39 bits per heavy atom. The van der Waals surface area contributed by atoms with Gasteiger partial charge in [-0.1, -0.05) is 48.0 Å². The Kier molecular flexibility index (Phi) is 8.64. The first-order valence-electron chi connectivity index (χ1n) is 12.5. The number of hydrogen-bond donors (Lipinski definition) is 0. The van der Waals surface area contributed by atoms with Crippen LogP contribution in [0.1, 0.15) is 38.4 Å². The van der Waals surface area contributed by atoms with Crippen molar-refractivity contribution >= 4 is 39.9 Å². The Bertz CT molecular complexity index is 1420. The lowest BCUT2D eigenvalue weighted by atomic mass is 9.87. The van der Waals surface area contributed by atoms with Crippen LogP contribution in [-0.2, 0) is 22.7 Å². The van der Waals surface area contributed by atoms with Crippen molar-refractivity contribution in [3.8, 4) is 5.75 Å². The largest absolute Gasteiger partial charge is 0.487 e. The molecule has 0 atom stereocenters. The fourth-order valence-electron chi connectivity index (χ4n) is 4.24. The van der Waals surface area contributed by atoms with Crippen molar-refractivity contribution in [2.24, 2.45) is 10.5 Å². The molecule has 0 N–H and O–H groups in total. The normalized spacial score (nSPS) is 11.9. The summed E-state index contributed by atoms with van der Waals surface area (Å²) in [6, 6.07) is 27.6. The number of hydrazone groups is 1. The number of ether oxygens (including phenoxy) is 2. The first kappa shape index (κ1) is 27.1. The molecule has 1 aromatic heterocycles. The number of aromatic nitrogens is 1. The molecule has 0 saturated carbocycles. The Morgan fingerprint density at radius 1 is 0.974 bits per heavy atom. The van der Waals surface area contributed by atoms with E-state index in [0.29, 0.717) is 24.6 Å². The van der Waals surface area contributed by atoms with Gasteiger partial charge in [-0.15, -0.1) is 0 Å². The van der Waals surface area contributed by atoms with Gasteiger partial charge in [-0.2, -0.15) is 5.10 Å². The first-order valence-corrected chi connectivity index (χ1v) is 12.8. The molecule has 4 aromatic rings. The molecule has 0 aliphatic carbocycles. The number of rotatable bonds is 10. The summed E-state index contributed by atoms with van der Waals surface area (Å²) in [5, 5.41) is 8.58. The predicted octanol–water partition coefficient (Wildman–Crippen LogP) is 7.44. The van der Waals surface area contributed by atoms with Crippen molar-refractivity contribution in [1.29, 1.82) is 0 Å². The van der Waals surface area contributed by atoms with Crippen molar-refractivity contribution in [3.63, 3.8) is 0 Å². The number of anilines is 1. The third-order valence-electron chi connectivity index (χ3n) is 6.15. The third kappa shape index (κ3) is 7.11. The molecule has 0 aliphatic rings. The lowest BCUT2D eigenvalue weighted by Gasteiger charge is -2.24. The van der Waals surface area contributed by atoms with E-state index in [9.17, 15) is 4.79 Å². The number of nitrogens with zero attached hydrogens (tertiary/aromatic N) is 3. The smallest absolute Gasteiger partial charge is 0.311 e. The zero-order valence-corrected chi connectivity index (χ0v) is 22.9. The molecule has 4 rings (SSSR count).